The minimum absolute atomic E-state index is 0.0718. The summed E-state index contributed by atoms with van der Waals surface area (Å²) in [5.41, 5.74) is 0. The lowest BCUT2D eigenvalue weighted by molar-refractivity contribution is -0.134. The second-order valence-electron chi connectivity index (χ2n) is 8.79. The number of hydrogen-bond acceptors (Lipinski definition) is 4. The molecule has 5 nitrogen and oxygen atoms in total. The van der Waals surface area contributed by atoms with Crippen molar-refractivity contribution in [1.82, 2.24) is 9.80 Å². The van der Waals surface area contributed by atoms with E-state index in [1.54, 1.807) is 0 Å². The molecule has 154 valence electrons. The quantitative estimate of drug-likeness (QED) is 0.510. The Morgan fingerprint density at radius 1 is 1.08 bits per heavy atom. The van der Waals surface area contributed by atoms with Crippen molar-refractivity contribution < 1.29 is 13.2 Å². The Morgan fingerprint density at radius 3 is 2.19 bits per heavy atom. The van der Waals surface area contributed by atoms with Crippen LogP contribution in [0.2, 0.25) is 0 Å². The number of rotatable bonds is 11. The lowest BCUT2D eigenvalue weighted by Crippen LogP contribution is -2.45. The van der Waals surface area contributed by atoms with Crippen molar-refractivity contribution in [2.24, 2.45) is 11.8 Å². The van der Waals surface area contributed by atoms with Gasteiger partial charge in [0.25, 0.3) is 0 Å². The van der Waals surface area contributed by atoms with Gasteiger partial charge >= 0.3 is 0 Å². The van der Waals surface area contributed by atoms with Gasteiger partial charge in [-0.15, -0.1) is 0 Å². The van der Waals surface area contributed by atoms with Crippen LogP contribution < -0.4 is 0 Å². The zero-order chi connectivity index (χ0) is 19.7. The molecule has 0 aromatic carbocycles. The van der Waals surface area contributed by atoms with Gasteiger partial charge in [0.1, 0.15) is 9.84 Å². The fourth-order valence-electron chi connectivity index (χ4n) is 3.90. The topological polar surface area (TPSA) is 57.7 Å². The Balaban J connectivity index is 2.59. The van der Waals surface area contributed by atoms with Gasteiger partial charge < -0.3 is 9.80 Å². The molecule has 0 spiro atoms. The van der Waals surface area contributed by atoms with Gasteiger partial charge in [0.15, 0.2) is 0 Å². The smallest absolute Gasteiger partial charge is 0.222 e. The number of carbonyl (C=O) groups is 1. The molecular formula is C20H40N2O3S. The minimum Gasteiger partial charge on any atom is -0.339 e. The number of nitrogens with zero attached hydrogens (tertiary/aromatic N) is 2. The van der Waals surface area contributed by atoms with Gasteiger partial charge in [-0.05, 0) is 58.0 Å². The first-order valence-corrected chi connectivity index (χ1v) is 12.3. The average Bonchev–Trinajstić information content (AvgIpc) is 2.51. The van der Waals surface area contributed by atoms with Gasteiger partial charge in [-0.1, -0.05) is 26.7 Å². The first-order chi connectivity index (χ1) is 12.1. The van der Waals surface area contributed by atoms with Gasteiger partial charge in [0.05, 0.1) is 5.75 Å². The lowest BCUT2D eigenvalue weighted by atomic mass is 9.85. The number of carbonyl (C=O) groups excluding carboxylic acids is 1. The molecule has 0 aliphatic heterocycles. The Hall–Kier alpha value is -0.620. The molecular weight excluding hydrogens is 348 g/mol. The summed E-state index contributed by atoms with van der Waals surface area (Å²) in [7, 11) is 1.15. The molecule has 0 unspecified atom stereocenters. The summed E-state index contributed by atoms with van der Waals surface area (Å²) < 4.78 is 23.2. The van der Waals surface area contributed by atoms with E-state index in [1.807, 2.05) is 4.90 Å². The van der Waals surface area contributed by atoms with Gasteiger partial charge in [0.2, 0.25) is 5.91 Å². The van der Waals surface area contributed by atoms with E-state index in [1.165, 1.54) is 6.26 Å². The van der Waals surface area contributed by atoms with E-state index in [2.05, 4.69) is 32.8 Å². The predicted molar refractivity (Wildman–Crippen MR) is 109 cm³/mol. The zero-order valence-electron chi connectivity index (χ0n) is 17.5. The van der Waals surface area contributed by atoms with Crippen molar-refractivity contribution in [2.75, 3.05) is 39.2 Å². The lowest BCUT2D eigenvalue weighted by Gasteiger charge is -2.37. The average molecular weight is 389 g/mol. The van der Waals surface area contributed by atoms with Gasteiger partial charge in [-0.2, -0.15) is 0 Å². The fraction of sp³-hybridized carbons (Fsp3) is 0.950. The molecule has 1 aliphatic rings. The van der Waals surface area contributed by atoms with Crippen molar-refractivity contribution in [3.8, 4) is 0 Å². The monoisotopic (exact) mass is 388 g/mol. The first-order valence-electron chi connectivity index (χ1n) is 10.2. The Morgan fingerprint density at radius 2 is 1.69 bits per heavy atom. The SMILES string of the molecule is CC(C)CCCCC(=O)N(CCS(C)(=O)=O)C1CCC(CN(C)C)CC1. The first kappa shape index (κ1) is 23.4. The van der Waals surface area contributed by atoms with Gasteiger partial charge in [-0.25, -0.2) is 8.42 Å². The van der Waals surface area contributed by atoms with Crippen LogP contribution in [0.4, 0.5) is 0 Å². The second-order valence-corrected chi connectivity index (χ2v) is 11.1. The maximum atomic E-state index is 12.8. The van der Waals surface area contributed by atoms with Crippen LogP contribution >= 0.6 is 0 Å². The van der Waals surface area contributed by atoms with Crippen molar-refractivity contribution in [3.05, 3.63) is 0 Å². The van der Waals surface area contributed by atoms with Gasteiger partial charge in [0, 0.05) is 31.8 Å². The third kappa shape index (κ3) is 9.91. The largest absolute Gasteiger partial charge is 0.339 e. The molecule has 0 atom stereocenters. The summed E-state index contributed by atoms with van der Waals surface area (Å²) in [5.74, 6) is 1.58. The number of unbranched alkanes of at least 4 members (excludes halogenated alkanes) is 1. The molecule has 0 radical (unpaired) electrons. The van der Waals surface area contributed by atoms with Crippen LogP contribution in [0.1, 0.15) is 65.2 Å². The molecule has 0 aromatic rings. The number of hydrogen-bond donors (Lipinski definition) is 0. The number of amides is 1. The third-order valence-electron chi connectivity index (χ3n) is 5.33. The van der Waals surface area contributed by atoms with Crippen molar-refractivity contribution >= 4 is 15.7 Å². The summed E-state index contributed by atoms with van der Waals surface area (Å²) in [5, 5.41) is 0. The highest BCUT2D eigenvalue weighted by molar-refractivity contribution is 7.90. The van der Waals surface area contributed by atoms with Crippen LogP contribution in [-0.2, 0) is 14.6 Å². The summed E-state index contributed by atoms with van der Waals surface area (Å²) in [6.07, 6.45) is 9.17. The predicted octanol–water partition coefficient (Wildman–Crippen LogP) is 3.20. The molecule has 1 rings (SSSR count). The minimum atomic E-state index is -3.06. The zero-order valence-corrected chi connectivity index (χ0v) is 18.4. The maximum absolute atomic E-state index is 12.8. The van der Waals surface area contributed by atoms with Gasteiger partial charge in [-0.3, -0.25) is 4.79 Å². The van der Waals surface area contributed by atoms with E-state index in [0.29, 0.717) is 24.8 Å². The van der Waals surface area contributed by atoms with E-state index >= 15 is 0 Å². The van der Waals surface area contributed by atoms with E-state index in [-0.39, 0.29) is 17.7 Å². The summed E-state index contributed by atoms with van der Waals surface area (Å²) in [6, 6.07) is 0.216. The number of sulfone groups is 1. The highest BCUT2D eigenvalue weighted by Gasteiger charge is 2.29. The molecule has 1 fully saturated rings. The van der Waals surface area contributed by atoms with Crippen molar-refractivity contribution in [1.29, 1.82) is 0 Å². The second kappa shape index (κ2) is 11.3. The normalized spacial score (nSPS) is 21.3. The van der Waals surface area contributed by atoms with Crippen LogP contribution in [0, 0.1) is 11.8 Å². The molecule has 0 bridgehead atoms. The van der Waals surface area contributed by atoms with Crippen LogP contribution in [0.3, 0.4) is 0 Å². The summed E-state index contributed by atoms with van der Waals surface area (Å²) in [6.45, 7) is 5.85. The Labute approximate surface area is 161 Å². The Kier molecular flexibility index (Phi) is 10.2. The standard InChI is InChI=1S/C20H40N2O3S/c1-17(2)8-6-7-9-20(23)22(14-15-26(5,24)25)19-12-10-18(11-13-19)16-21(3)4/h17-19H,6-16H2,1-5H3. The van der Waals surface area contributed by atoms with Crippen LogP contribution in [0.15, 0.2) is 0 Å². The van der Waals surface area contributed by atoms with Crippen molar-refractivity contribution in [3.63, 3.8) is 0 Å². The van der Waals surface area contributed by atoms with Crippen LogP contribution in [-0.4, -0.2) is 69.4 Å². The van der Waals surface area contributed by atoms with Crippen LogP contribution in [0.5, 0.6) is 0 Å². The fourth-order valence-corrected chi connectivity index (χ4v) is 4.43. The van der Waals surface area contributed by atoms with Crippen molar-refractivity contribution in [2.45, 2.75) is 71.3 Å². The van der Waals surface area contributed by atoms with Crippen LogP contribution in [0.25, 0.3) is 0 Å². The molecule has 1 amide bonds. The molecule has 6 heteroatoms. The highest BCUT2D eigenvalue weighted by Crippen LogP contribution is 2.28. The highest BCUT2D eigenvalue weighted by atomic mass is 32.2. The van der Waals surface area contributed by atoms with E-state index in [4.69, 9.17) is 0 Å². The summed E-state index contributed by atoms with van der Waals surface area (Å²) in [4.78, 5) is 16.9. The maximum Gasteiger partial charge on any atom is 0.222 e. The molecule has 26 heavy (non-hydrogen) atoms. The third-order valence-corrected chi connectivity index (χ3v) is 6.25. The Bertz CT molecular complexity index is 509. The van der Waals surface area contributed by atoms with E-state index in [0.717, 1.165) is 51.5 Å². The molecule has 1 saturated carbocycles. The molecule has 1 aliphatic carbocycles. The molecule has 0 aromatic heterocycles. The summed E-state index contributed by atoms with van der Waals surface area (Å²) >= 11 is 0. The molecule has 0 N–H and O–H groups in total. The van der Waals surface area contributed by atoms with E-state index in [9.17, 15) is 13.2 Å². The van der Waals surface area contributed by atoms with E-state index < -0.39 is 9.84 Å². The molecule has 0 heterocycles. The molecule has 0 saturated heterocycles.